The van der Waals surface area contributed by atoms with Crippen LogP contribution in [0.4, 0.5) is 0 Å². The number of Topliss-reactive ketones (excluding diaryl/α,β-unsaturated/α-hetero) is 1. The first-order chi connectivity index (χ1) is 6.38. The minimum absolute atomic E-state index is 0.335. The summed E-state index contributed by atoms with van der Waals surface area (Å²) in [6.07, 6.45) is 4.89. The van der Waals surface area contributed by atoms with Crippen LogP contribution in [0, 0.1) is 5.92 Å². The smallest absolute Gasteiger partial charge is 0.149 e. The predicted molar refractivity (Wildman–Crippen MR) is 60.5 cm³/mol. The Morgan fingerprint density at radius 1 is 1.15 bits per heavy atom. The van der Waals surface area contributed by atoms with Crippen molar-refractivity contribution in [1.29, 1.82) is 0 Å². The molecular formula is C10H16OS2. The Morgan fingerprint density at radius 3 is 2.54 bits per heavy atom. The monoisotopic (exact) mass is 216 g/mol. The molecule has 1 atom stereocenters. The normalized spacial score (nSPS) is 30.6. The molecule has 1 saturated heterocycles. The highest BCUT2D eigenvalue weighted by Gasteiger charge is 2.30. The SMILES string of the molecule is O=C(C1CCCC1)C1CSCCS1. The van der Waals surface area contributed by atoms with Gasteiger partial charge < -0.3 is 0 Å². The lowest BCUT2D eigenvalue weighted by Crippen LogP contribution is -2.29. The molecule has 13 heavy (non-hydrogen) atoms. The van der Waals surface area contributed by atoms with E-state index in [0.717, 1.165) is 5.75 Å². The van der Waals surface area contributed by atoms with Crippen molar-refractivity contribution in [3.05, 3.63) is 0 Å². The summed E-state index contributed by atoms with van der Waals surface area (Å²) in [5.74, 6) is 4.47. The maximum atomic E-state index is 12.0. The molecule has 0 aromatic rings. The van der Waals surface area contributed by atoms with Crippen LogP contribution < -0.4 is 0 Å². The molecule has 0 spiro atoms. The summed E-state index contributed by atoms with van der Waals surface area (Å²) in [5, 5.41) is 0.335. The fourth-order valence-corrected chi connectivity index (χ4v) is 4.84. The second-order valence-corrected chi connectivity index (χ2v) is 6.28. The fraction of sp³-hybridized carbons (Fsp3) is 0.900. The van der Waals surface area contributed by atoms with Crippen LogP contribution in [0.1, 0.15) is 25.7 Å². The van der Waals surface area contributed by atoms with Gasteiger partial charge in [0.25, 0.3) is 0 Å². The summed E-state index contributed by atoms with van der Waals surface area (Å²) in [4.78, 5) is 12.0. The van der Waals surface area contributed by atoms with Gasteiger partial charge in [-0.1, -0.05) is 12.8 Å². The largest absolute Gasteiger partial charge is 0.298 e. The van der Waals surface area contributed by atoms with E-state index in [0.29, 0.717) is 17.0 Å². The standard InChI is InChI=1S/C10H16OS2/c11-10(8-3-1-2-4-8)9-7-12-5-6-13-9/h8-9H,1-7H2. The summed E-state index contributed by atoms with van der Waals surface area (Å²) in [7, 11) is 0. The Kier molecular flexibility index (Phi) is 3.61. The van der Waals surface area contributed by atoms with E-state index in [1.54, 1.807) is 0 Å². The van der Waals surface area contributed by atoms with Crippen molar-refractivity contribution in [3.63, 3.8) is 0 Å². The molecule has 0 N–H and O–H groups in total. The minimum atomic E-state index is 0.335. The van der Waals surface area contributed by atoms with E-state index >= 15 is 0 Å². The van der Waals surface area contributed by atoms with Crippen molar-refractivity contribution < 1.29 is 4.79 Å². The van der Waals surface area contributed by atoms with Gasteiger partial charge in [-0.2, -0.15) is 11.8 Å². The van der Waals surface area contributed by atoms with Crippen LogP contribution in [0.5, 0.6) is 0 Å². The maximum Gasteiger partial charge on any atom is 0.149 e. The zero-order valence-corrected chi connectivity index (χ0v) is 9.46. The summed E-state index contributed by atoms with van der Waals surface area (Å²) < 4.78 is 0. The van der Waals surface area contributed by atoms with Gasteiger partial charge in [-0.25, -0.2) is 0 Å². The number of hydrogen-bond acceptors (Lipinski definition) is 3. The summed E-state index contributed by atoms with van der Waals surface area (Å²) in [6.45, 7) is 0. The average molecular weight is 216 g/mol. The van der Waals surface area contributed by atoms with Gasteiger partial charge in [0, 0.05) is 23.2 Å². The Morgan fingerprint density at radius 2 is 1.92 bits per heavy atom. The molecular weight excluding hydrogens is 200 g/mol. The fourth-order valence-electron chi connectivity index (χ4n) is 2.13. The molecule has 2 aliphatic rings. The van der Waals surface area contributed by atoms with Crippen LogP contribution in [0.2, 0.25) is 0 Å². The van der Waals surface area contributed by atoms with Crippen LogP contribution >= 0.6 is 23.5 Å². The highest BCUT2D eigenvalue weighted by Crippen LogP contribution is 2.32. The molecule has 0 amide bonds. The first kappa shape index (κ1) is 9.91. The van der Waals surface area contributed by atoms with Crippen LogP contribution in [-0.4, -0.2) is 28.3 Å². The van der Waals surface area contributed by atoms with E-state index in [1.165, 1.54) is 37.2 Å². The van der Waals surface area contributed by atoms with Gasteiger partial charge in [-0.3, -0.25) is 4.79 Å². The number of carbonyl (C=O) groups excluding carboxylic acids is 1. The van der Waals surface area contributed by atoms with Gasteiger partial charge in [0.2, 0.25) is 0 Å². The first-order valence-electron chi connectivity index (χ1n) is 5.11. The van der Waals surface area contributed by atoms with Gasteiger partial charge in [-0.05, 0) is 12.8 Å². The van der Waals surface area contributed by atoms with Crippen LogP contribution in [0.25, 0.3) is 0 Å². The van der Waals surface area contributed by atoms with E-state index in [4.69, 9.17) is 0 Å². The number of carbonyl (C=O) groups is 1. The first-order valence-corrected chi connectivity index (χ1v) is 7.31. The van der Waals surface area contributed by atoms with Crippen molar-refractivity contribution in [2.24, 2.45) is 5.92 Å². The lowest BCUT2D eigenvalue weighted by molar-refractivity contribution is -0.121. The number of ketones is 1. The Labute approximate surface area is 88.4 Å². The van der Waals surface area contributed by atoms with Gasteiger partial charge in [-0.15, -0.1) is 11.8 Å². The molecule has 1 unspecified atom stereocenters. The maximum absolute atomic E-state index is 12.0. The molecule has 0 radical (unpaired) electrons. The molecule has 3 heteroatoms. The summed E-state index contributed by atoms with van der Waals surface area (Å²) >= 11 is 3.84. The molecule has 1 nitrogen and oxygen atoms in total. The second-order valence-electron chi connectivity index (χ2n) is 3.82. The van der Waals surface area contributed by atoms with Crippen LogP contribution in [-0.2, 0) is 4.79 Å². The van der Waals surface area contributed by atoms with Crippen molar-refractivity contribution in [2.75, 3.05) is 17.3 Å². The molecule has 1 heterocycles. The van der Waals surface area contributed by atoms with Gasteiger partial charge in [0.1, 0.15) is 5.78 Å². The minimum Gasteiger partial charge on any atom is -0.298 e. The third-order valence-corrected chi connectivity index (χ3v) is 5.66. The van der Waals surface area contributed by atoms with E-state index in [1.807, 2.05) is 23.5 Å². The molecule has 1 saturated carbocycles. The molecule has 1 aliphatic heterocycles. The van der Waals surface area contributed by atoms with Crippen molar-refractivity contribution in [2.45, 2.75) is 30.9 Å². The predicted octanol–water partition coefficient (Wildman–Crippen LogP) is 2.59. The van der Waals surface area contributed by atoms with Crippen molar-refractivity contribution in [3.8, 4) is 0 Å². The second kappa shape index (κ2) is 4.74. The topological polar surface area (TPSA) is 17.1 Å². The number of hydrogen-bond donors (Lipinski definition) is 0. The van der Waals surface area contributed by atoms with E-state index in [-0.39, 0.29) is 0 Å². The zero-order chi connectivity index (χ0) is 9.10. The molecule has 2 rings (SSSR count). The number of thioether (sulfide) groups is 2. The third kappa shape index (κ3) is 2.44. The molecule has 1 aliphatic carbocycles. The van der Waals surface area contributed by atoms with E-state index < -0.39 is 0 Å². The Balaban J connectivity index is 1.87. The van der Waals surface area contributed by atoms with Gasteiger partial charge in [0.15, 0.2) is 0 Å². The van der Waals surface area contributed by atoms with Gasteiger partial charge >= 0.3 is 0 Å². The molecule has 0 aromatic carbocycles. The number of rotatable bonds is 2. The van der Waals surface area contributed by atoms with Crippen molar-refractivity contribution >= 4 is 29.3 Å². The van der Waals surface area contributed by atoms with E-state index in [2.05, 4.69) is 0 Å². The van der Waals surface area contributed by atoms with Crippen LogP contribution in [0.3, 0.4) is 0 Å². The Hall–Kier alpha value is 0.370. The van der Waals surface area contributed by atoms with E-state index in [9.17, 15) is 4.79 Å². The molecule has 0 aromatic heterocycles. The quantitative estimate of drug-likeness (QED) is 0.706. The van der Waals surface area contributed by atoms with Gasteiger partial charge in [0.05, 0.1) is 5.25 Å². The third-order valence-electron chi connectivity index (χ3n) is 2.89. The zero-order valence-electron chi connectivity index (χ0n) is 7.83. The van der Waals surface area contributed by atoms with Crippen molar-refractivity contribution in [1.82, 2.24) is 0 Å². The Bertz CT molecular complexity index is 181. The van der Waals surface area contributed by atoms with Crippen LogP contribution in [0.15, 0.2) is 0 Å². The molecule has 74 valence electrons. The highest BCUT2D eigenvalue weighted by molar-refractivity contribution is 8.07. The lowest BCUT2D eigenvalue weighted by Gasteiger charge is -2.22. The molecule has 0 bridgehead atoms. The summed E-state index contributed by atoms with van der Waals surface area (Å²) in [5.41, 5.74) is 0. The summed E-state index contributed by atoms with van der Waals surface area (Å²) in [6, 6.07) is 0. The molecule has 2 fully saturated rings. The lowest BCUT2D eigenvalue weighted by atomic mass is 10.0. The average Bonchev–Trinajstić information content (AvgIpc) is 2.71. The highest BCUT2D eigenvalue weighted by atomic mass is 32.2.